The molecule has 0 bridgehead atoms. The molecule has 0 spiro atoms. The van der Waals surface area contributed by atoms with Crippen LogP contribution in [0.2, 0.25) is 0 Å². The molecule has 70 valence electrons. The molecule has 1 heterocycles. The molecule has 0 saturated heterocycles. The second kappa shape index (κ2) is 3.09. The van der Waals surface area contributed by atoms with Gasteiger partial charge in [0.05, 0.1) is 5.71 Å². The Kier molecular flexibility index (Phi) is 1.76. The Hall–Kier alpha value is -1.37. The van der Waals surface area contributed by atoms with Crippen LogP contribution in [0.25, 0.3) is 0 Å². The second-order valence-corrected chi connectivity index (χ2v) is 4.01. The van der Waals surface area contributed by atoms with Crippen LogP contribution < -0.4 is 0 Å². The van der Waals surface area contributed by atoms with E-state index in [2.05, 4.69) is 35.3 Å². The first-order chi connectivity index (χ1) is 6.95. The van der Waals surface area contributed by atoms with Crippen LogP contribution in [0.4, 0.5) is 0 Å². The lowest BCUT2D eigenvalue weighted by Gasteiger charge is -2.09. The van der Waals surface area contributed by atoms with E-state index in [0.717, 1.165) is 0 Å². The normalized spacial score (nSPS) is 23.7. The molecular weight excluding hydrogens is 170 g/mol. The Bertz CT molecular complexity index is 415. The minimum atomic E-state index is 0.582. The number of nitrogens with zero attached hydrogens (tertiary/aromatic N) is 1. The summed E-state index contributed by atoms with van der Waals surface area (Å²) in [5, 5.41) is 0. The fourth-order valence-corrected chi connectivity index (χ4v) is 2.42. The molecule has 1 heteroatoms. The van der Waals surface area contributed by atoms with E-state index in [1.165, 1.54) is 36.1 Å². The van der Waals surface area contributed by atoms with E-state index in [-0.39, 0.29) is 0 Å². The molecule has 0 fully saturated rings. The molecule has 0 amide bonds. The standard InChI is InChI=1S/C13H13N/c1-2-7-12-10(4-1)5-3-6-11-8-9-14-13(11)12/h1-2,4,7-9,11H,3,5-6H2. The van der Waals surface area contributed by atoms with Crippen LogP contribution in [-0.2, 0) is 6.42 Å². The third-order valence-electron chi connectivity index (χ3n) is 3.14. The summed E-state index contributed by atoms with van der Waals surface area (Å²) in [6, 6.07) is 8.68. The van der Waals surface area contributed by atoms with Gasteiger partial charge in [-0.1, -0.05) is 30.3 Å². The van der Waals surface area contributed by atoms with Gasteiger partial charge in [0.15, 0.2) is 0 Å². The lowest BCUT2D eigenvalue weighted by atomic mass is 9.96. The average Bonchev–Trinajstić information content (AvgIpc) is 2.61. The van der Waals surface area contributed by atoms with Crippen molar-refractivity contribution in [2.45, 2.75) is 19.3 Å². The van der Waals surface area contributed by atoms with Gasteiger partial charge in [-0.3, -0.25) is 4.99 Å². The quantitative estimate of drug-likeness (QED) is 0.586. The van der Waals surface area contributed by atoms with Crippen LogP contribution in [0.3, 0.4) is 0 Å². The summed E-state index contributed by atoms with van der Waals surface area (Å²) in [6.45, 7) is 0. The van der Waals surface area contributed by atoms with Crippen LogP contribution in [0.5, 0.6) is 0 Å². The maximum atomic E-state index is 4.50. The highest BCUT2D eigenvalue weighted by Crippen LogP contribution is 2.28. The van der Waals surface area contributed by atoms with Crippen molar-refractivity contribution in [1.29, 1.82) is 0 Å². The highest BCUT2D eigenvalue weighted by Gasteiger charge is 2.23. The Morgan fingerprint density at radius 2 is 2.14 bits per heavy atom. The second-order valence-electron chi connectivity index (χ2n) is 4.01. The number of allylic oxidation sites excluding steroid dienone is 1. The van der Waals surface area contributed by atoms with Crippen molar-refractivity contribution in [2.24, 2.45) is 10.9 Å². The molecule has 0 radical (unpaired) electrons. The molecule has 0 aromatic heterocycles. The van der Waals surface area contributed by atoms with Crippen molar-refractivity contribution in [3.05, 3.63) is 47.7 Å². The summed E-state index contributed by atoms with van der Waals surface area (Å²) in [4.78, 5) is 4.50. The zero-order valence-electron chi connectivity index (χ0n) is 8.11. The van der Waals surface area contributed by atoms with Crippen molar-refractivity contribution in [1.82, 2.24) is 0 Å². The molecule has 1 aromatic carbocycles. The largest absolute Gasteiger partial charge is 0.260 e. The smallest absolute Gasteiger partial charge is 0.0547 e. The van der Waals surface area contributed by atoms with Gasteiger partial charge in [0, 0.05) is 12.1 Å². The van der Waals surface area contributed by atoms with E-state index in [4.69, 9.17) is 0 Å². The lowest BCUT2D eigenvalue weighted by molar-refractivity contribution is 0.697. The summed E-state index contributed by atoms with van der Waals surface area (Å²) < 4.78 is 0. The van der Waals surface area contributed by atoms with Gasteiger partial charge in [-0.25, -0.2) is 0 Å². The van der Waals surface area contributed by atoms with Gasteiger partial charge in [0.1, 0.15) is 0 Å². The Morgan fingerprint density at radius 3 is 3.14 bits per heavy atom. The molecule has 1 unspecified atom stereocenters. The minimum absolute atomic E-state index is 0.582. The molecule has 14 heavy (non-hydrogen) atoms. The first-order valence-corrected chi connectivity index (χ1v) is 5.28. The number of benzene rings is 1. The molecule has 1 atom stereocenters. The van der Waals surface area contributed by atoms with E-state index in [1.54, 1.807) is 0 Å². The van der Waals surface area contributed by atoms with Gasteiger partial charge < -0.3 is 0 Å². The van der Waals surface area contributed by atoms with Gasteiger partial charge in [-0.2, -0.15) is 0 Å². The van der Waals surface area contributed by atoms with Crippen LogP contribution in [0, 0.1) is 5.92 Å². The predicted molar refractivity (Wildman–Crippen MR) is 58.5 cm³/mol. The Morgan fingerprint density at radius 1 is 1.21 bits per heavy atom. The predicted octanol–water partition coefficient (Wildman–Crippen LogP) is 2.96. The van der Waals surface area contributed by atoms with Crippen molar-refractivity contribution in [3.63, 3.8) is 0 Å². The molecule has 0 N–H and O–H groups in total. The minimum Gasteiger partial charge on any atom is -0.260 e. The number of rotatable bonds is 0. The van der Waals surface area contributed by atoms with Crippen LogP contribution in [0.1, 0.15) is 24.0 Å². The lowest BCUT2D eigenvalue weighted by Crippen LogP contribution is -2.09. The zero-order chi connectivity index (χ0) is 9.38. The molecule has 2 aliphatic rings. The van der Waals surface area contributed by atoms with Crippen molar-refractivity contribution in [3.8, 4) is 0 Å². The number of hydrogen-bond donors (Lipinski definition) is 0. The average molecular weight is 183 g/mol. The van der Waals surface area contributed by atoms with Gasteiger partial charge in [0.25, 0.3) is 0 Å². The molecule has 1 aliphatic carbocycles. The Balaban J connectivity index is 2.15. The van der Waals surface area contributed by atoms with Crippen LogP contribution in [0.15, 0.2) is 41.5 Å². The van der Waals surface area contributed by atoms with Crippen molar-refractivity contribution in [2.75, 3.05) is 0 Å². The van der Waals surface area contributed by atoms with Gasteiger partial charge in [-0.15, -0.1) is 0 Å². The molecule has 1 aromatic rings. The fraction of sp³-hybridized carbons (Fsp3) is 0.308. The number of aryl methyl sites for hydroxylation is 1. The summed E-state index contributed by atoms with van der Waals surface area (Å²) in [5.74, 6) is 0.582. The van der Waals surface area contributed by atoms with Gasteiger partial charge >= 0.3 is 0 Å². The molecule has 1 aliphatic heterocycles. The Labute approximate surface area is 84.2 Å². The molecule has 1 nitrogen and oxygen atoms in total. The van der Waals surface area contributed by atoms with Crippen molar-refractivity contribution < 1.29 is 0 Å². The van der Waals surface area contributed by atoms with Gasteiger partial charge in [-0.05, 0) is 30.4 Å². The number of aliphatic imine (C=N–C) groups is 1. The molecule has 0 saturated carbocycles. The van der Waals surface area contributed by atoms with E-state index < -0.39 is 0 Å². The first kappa shape index (κ1) is 7.98. The maximum Gasteiger partial charge on any atom is 0.0547 e. The number of fused-ring (bicyclic) bond motifs is 3. The highest BCUT2D eigenvalue weighted by molar-refractivity contribution is 6.06. The third kappa shape index (κ3) is 1.12. The fourth-order valence-electron chi connectivity index (χ4n) is 2.42. The third-order valence-corrected chi connectivity index (χ3v) is 3.14. The van der Waals surface area contributed by atoms with Gasteiger partial charge in [0.2, 0.25) is 0 Å². The molecule has 3 rings (SSSR count). The van der Waals surface area contributed by atoms with Crippen molar-refractivity contribution >= 4 is 5.71 Å². The SMILES string of the molecule is C1=CC2CCCc3ccccc3C2=N1. The van der Waals surface area contributed by atoms with Crippen LogP contribution in [-0.4, -0.2) is 5.71 Å². The topological polar surface area (TPSA) is 12.4 Å². The molecular formula is C13H13N. The van der Waals surface area contributed by atoms with E-state index in [1.807, 2.05) is 6.20 Å². The van der Waals surface area contributed by atoms with E-state index in [9.17, 15) is 0 Å². The summed E-state index contributed by atoms with van der Waals surface area (Å²) in [5.41, 5.74) is 4.13. The van der Waals surface area contributed by atoms with E-state index >= 15 is 0 Å². The first-order valence-electron chi connectivity index (χ1n) is 5.28. The van der Waals surface area contributed by atoms with E-state index in [0.29, 0.717) is 5.92 Å². The zero-order valence-corrected chi connectivity index (χ0v) is 8.11. The summed E-state index contributed by atoms with van der Waals surface area (Å²) in [6.07, 6.45) is 7.94. The summed E-state index contributed by atoms with van der Waals surface area (Å²) in [7, 11) is 0. The monoisotopic (exact) mass is 183 g/mol. The van der Waals surface area contributed by atoms with Crippen LogP contribution >= 0.6 is 0 Å². The number of hydrogen-bond acceptors (Lipinski definition) is 1. The summed E-state index contributed by atoms with van der Waals surface area (Å²) >= 11 is 0. The maximum absolute atomic E-state index is 4.50. The highest BCUT2D eigenvalue weighted by atomic mass is 14.7.